The van der Waals surface area contributed by atoms with E-state index in [1.165, 1.54) is 0 Å². The summed E-state index contributed by atoms with van der Waals surface area (Å²) in [6.45, 7) is 0. The Bertz CT molecular complexity index is 181. The van der Waals surface area contributed by atoms with Crippen LogP contribution < -0.4 is 4.52 Å². The van der Waals surface area contributed by atoms with E-state index in [1.54, 1.807) is 7.11 Å². The standard InChI is InChI=1S/C7H9O2P.H2/c1-8-10-9-7-5-3-2-4-6-7;/h2-6,10H,1H3;1H. The highest BCUT2D eigenvalue weighted by Crippen LogP contribution is 2.19. The van der Waals surface area contributed by atoms with Gasteiger partial charge in [-0.1, -0.05) is 18.2 Å². The monoisotopic (exact) mass is 158 g/mol. The molecule has 1 rings (SSSR count). The van der Waals surface area contributed by atoms with Gasteiger partial charge in [-0.2, -0.15) is 0 Å². The van der Waals surface area contributed by atoms with Gasteiger partial charge in [-0.3, -0.25) is 0 Å². The zero-order chi connectivity index (χ0) is 7.23. The molecule has 0 aliphatic rings. The van der Waals surface area contributed by atoms with Gasteiger partial charge in [0.15, 0.2) is 0 Å². The maximum Gasteiger partial charge on any atom is 0.215 e. The number of hydrogen-bond acceptors (Lipinski definition) is 2. The Hall–Kier alpha value is -0.590. The molecule has 0 amide bonds. The van der Waals surface area contributed by atoms with E-state index in [0.29, 0.717) is 0 Å². The first-order chi connectivity index (χ1) is 4.93. The fourth-order valence-corrected chi connectivity index (χ4v) is 0.894. The van der Waals surface area contributed by atoms with Crippen LogP contribution in [0, 0.1) is 0 Å². The van der Waals surface area contributed by atoms with E-state index < -0.39 is 0 Å². The van der Waals surface area contributed by atoms with Gasteiger partial charge in [0.2, 0.25) is 9.03 Å². The Balaban J connectivity index is 0.000001000. The van der Waals surface area contributed by atoms with Crippen molar-refractivity contribution in [3.8, 4) is 5.75 Å². The van der Waals surface area contributed by atoms with Gasteiger partial charge in [-0.05, 0) is 12.1 Å². The molecule has 0 aromatic heterocycles. The maximum atomic E-state index is 5.16. The molecule has 0 bridgehead atoms. The molecule has 0 heterocycles. The summed E-state index contributed by atoms with van der Waals surface area (Å²) in [6, 6.07) is 9.59. The Morgan fingerprint density at radius 3 is 2.60 bits per heavy atom. The van der Waals surface area contributed by atoms with E-state index in [-0.39, 0.29) is 10.5 Å². The average molecular weight is 158 g/mol. The molecule has 0 fully saturated rings. The summed E-state index contributed by atoms with van der Waals surface area (Å²) in [5, 5.41) is 0. The molecule has 2 nitrogen and oxygen atoms in total. The molecule has 0 aliphatic carbocycles. The van der Waals surface area contributed by atoms with Crippen LogP contribution in [0.4, 0.5) is 0 Å². The summed E-state index contributed by atoms with van der Waals surface area (Å²) in [6.07, 6.45) is 0. The fourth-order valence-electron chi connectivity index (χ4n) is 0.578. The van der Waals surface area contributed by atoms with Crippen molar-refractivity contribution < 1.29 is 10.5 Å². The second-order valence-corrected chi connectivity index (χ2v) is 2.48. The van der Waals surface area contributed by atoms with Gasteiger partial charge in [-0.25, -0.2) is 0 Å². The number of rotatable bonds is 3. The summed E-state index contributed by atoms with van der Waals surface area (Å²) in [4.78, 5) is 0. The Morgan fingerprint density at radius 2 is 2.00 bits per heavy atom. The van der Waals surface area contributed by atoms with E-state index in [9.17, 15) is 0 Å². The Morgan fingerprint density at radius 1 is 1.30 bits per heavy atom. The molecular formula is C7H11O2P. The predicted octanol–water partition coefficient (Wildman–Crippen LogP) is 2.47. The van der Waals surface area contributed by atoms with Crippen molar-refractivity contribution in [3.05, 3.63) is 30.3 Å². The highest BCUT2D eigenvalue weighted by molar-refractivity contribution is 7.26. The molecule has 1 aromatic rings. The minimum Gasteiger partial charge on any atom is -0.450 e. The summed E-state index contributed by atoms with van der Waals surface area (Å²) < 4.78 is 9.91. The summed E-state index contributed by atoms with van der Waals surface area (Å²) in [5.41, 5.74) is 0. The van der Waals surface area contributed by atoms with Crippen LogP contribution in [0.2, 0.25) is 0 Å². The zero-order valence-corrected chi connectivity index (χ0v) is 6.70. The van der Waals surface area contributed by atoms with Crippen molar-refractivity contribution in [2.75, 3.05) is 7.11 Å². The van der Waals surface area contributed by atoms with Crippen LogP contribution in [0.25, 0.3) is 0 Å². The average Bonchev–Trinajstić information content (AvgIpc) is 2.03. The van der Waals surface area contributed by atoms with Crippen LogP contribution in [0.5, 0.6) is 5.75 Å². The third kappa shape index (κ3) is 2.34. The van der Waals surface area contributed by atoms with E-state index in [1.807, 2.05) is 30.3 Å². The quantitative estimate of drug-likeness (QED) is 0.629. The lowest BCUT2D eigenvalue weighted by atomic mass is 10.3. The van der Waals surface area contributed by atoms with E-state index in [0.717, 1.165) is 5.75 Å². The first kappa shape index (κ1) is 7.52. The largest absolute Gasteiger partial charge is 0.450 e. The zero-order valence-electron chi connectivity index (χ0n) is 5.70. The lowest BCUT2D eigenvalue weighted by molar-refractivity contribution is 0.417. The third-order valence-electron chi connectivity index (χ3n) is 0.986. The molecule has 1 atom stereocenters. The van der Waals surface area contributed by atoms with Crippen molar-refractivity contribution in [2.24, 2.45) is 0 Å². The maximum absolute atomic E-state index is 5.16. The van der Waals surface area contributed by atoms with Crippen LogP contribution in [-0.2, 0) is 4.52 Å². The normalized spacial score (nSPS) is 10.5. The predicted molar refractivity (Wildman–Crippen MR) is 44.5 cm³/mol. The second kappa shape index (κ2) is 4.26. The summed E-state index contributed by atoms with van der Waals surface area (Å²) in [5.74, 6) is 0.850. The first-order valence-corrected chi connectivity index (χ1v) is 3.75. The minimum atomic E-state index is 0. The molecule has 0 saturated heterocycles. The van der Waals surface area contributed by atoms with Gasteiger partial charge in [0, 0.05) is 8.54 Å². The molecule has 0 saturated carbocycles. The third-order valence-corrected chi connectivity index (χ3v) is 1.47. The lowest BCUT2D eigenvalue weighted by Gasteiger charge is -2.00. The molecular weight excluding hydrogens is 147 g/mol. The number of hydrogen-bond donors (Lipinski definition) is 0. The SMILES string of the molecule is COPOc1ccccc1.[HH]. The van der Waals surface area contributed by atoms with Crippen molar-refractivity contribution in [1.29, 1.82) is 0 Å². The van der Waals surface area contributed by atoms with E-state index in [2.05, 4.69) is 0 Å². The van der Waals surface area contributed by atoms with Crippen molar-refractivity contribution >= 4 is 9.03 Å². The van der Waals surface area contributed by atoms with Crippen molar-refractivity contribution in [2.45, 2.75) is 0 Å². The van der Waals surface area contributed by atoms with E-state index in [4.69, 9.17) is 9.05 Å². The Kier molecular flexibility index (Phi) is 3.20. The molecule has 0 N–H and O–H groups in total. The molecule has 1 unspecified atom stereocenters. The first-order valence-electron chi connectivity index (χ1n) is 2.93. The van der Waals surface area contributed by atoms with Crippen LogP contribution in [0.3, 0.4) is 0 Å². The van der Waals surface area contributed by atoms with Crippen molar-refractivity contribution in [3.63, 3.8) is 0 Å². The van der Waals surface area contributed by atoms with Gasteiger partial charge >= 0.3 is 0 Å². The van der Waals surface area contributed by atoms with Crippen LogP contribution in [0.15, 0.2) is 30.3 Å². The summed E-state index contributed by atoms with van der Waals surface area (Å²) >= 11 is 0. The van der Waals surface area contributed by atoms with Crippen LogP contribution in [-0.4, -0.2) is 7.11 Å². The van der Waals surface area contributed by atoms with Crippen LogP contribution in [0.1, 0.15) is 1.43 Å². The Labute approximate surface area is 63.6 Å². The molecule has 56 valence electrons. The molecule has 1 aromatic carbocycles. The molecule has 10 heavy (non-hydrogen) atoms. The smallest absolute Gasteiger partial charge is 0.215 e. The fraction of sp³-hybridized carbons (Fsp3) is 0.143. The molecule has 0 aliphatic heterocycles. The van der Waals surface area contributed by atoms with E-state index >= 15 is 0 Å². The highest BCUT2D eigenvalue weighted by atomic mass is 31.1. The van der Waals surface area contributed by atoms with Gasteiger partial charge in [0.05, 0.1) is 0 Å². The van der Waals surface area contributed by atoms with Gasteiger partial charge in [0.1, 0.15) is 5.75 Å². The van der Waals surface area contributed by atoms with Crippen molar-refractivity contribution in [1.82, 2.24) is 0 Å². The lowest BCUT2D eigenvalue weighted by Crippen LogP contribution is -1.76. The van der Waals surface area contributed by atoms with Gasteiger partial charge < -0.3 is 9.05 Å². The summed E-state index contributed by atoms with van der Waals surface area (Å²) in [7, 11) is 1.70. The second-order valence-electron chi connectivity index (χ2n) is 1.70. The van der Waals surface area contributed by atoms with Gasteiger partial charge in [-0.15, -0.1) is 0 Å². The minimum absolute atomic E-state index is 0. The molecule has 0 spiro atoms. The van der Waals surface area contributed by atoms with Crippen LogP contribution >= 0.6 is 9.03 Å². The number of benzene rings is 1. The molecule has 0 radical (unpaired) electrons. The topological polar surface area (TPSA) is 18.5 Å². The van der Waals surface area contributed by atoms with Gasteiger partial charge in [0.25, 0.3) is 0 Å². The highest BCUT2D eigenvalue weighted by Gasteiger charge is 1.87. The molecule has 3 heteroatoms. The number of para-hydroxylation sites is 1.